The number of para-hydroxylation sites is 1. The van der Waals surface area contributed by atoms with Crippen molar-refractivity contribution in [3.05, 3.63) is 42.7 Å². The molecule has 0 aliphatic carbocycles. The number of carbonyl (C=O) groups is 1. The van der Waals surface area contributed by atoms with Gasteiger partial charge in [0.2, 0.25) is 0 Å². The van der Waals surface area contributed by atoms with Crippen LogP contribution in [0.15, 0.2) is 42.7 Å². The van der Waals surface area contributed by atoms with Crippen molar-refractivity contribution in [3.63, 3.8) is 0 Å². The molecule has 1 rings (SSSR count). The fourth-order valence-electron chi connectivity index (χ4n) is 1.04. The van der Waals surface area contributed by atoms with Crippen LogP contribution in [0.1, 0.15) is 19.8 Å². The van der Waals surface area contributed by atoms with E-state index in [9.17, 15) is 4.79 Å². The van der Waals surface area contributed by atoms with Crippen molar-refractivity contribution >= 4 is 5.97 Å². The number of hydrogen-bond acceptors (Lipinski definition) is 3. The van der Waals surface area contributed by atoms with E-state index in [1.54, 1.807) is 12.1 Å². The van der Waals surface area contributed by atoms with Gasteiger partial charge in [-0.3, -0.25) is 0 Å². The lowest BCUT2D eigenvalue weighted by atomic mass is 10.3. The summed E-state index contributed by atoms with van der Waals surface area (Å²) in [5.74, 6) is 0.105. The summed E-state index contributed by atoms with van der Waals surface area (Å²) in [4.78, 5) is 11.3. The highest BCUT2D eigenvalue weighted by atomic mass is 16.5. The first-order valence-electron chi connectivity index (χ1n) is 5.38. The largest absolute Gasteiger partial charge is 0.501 e. The van der Waals surface area contributed by atoms with Gasteiger partial charge in [0.25, 0.3) is 0 Å². The average Bonchev–Trinajstić information content (AvgIpc) is 2.30. The zero-order chi connectivity index (χ0) is 11.6. The molecule has 0 fully saturated rings. The van der Waals surface area contributed by atoms with Crippen molar-refractivity contribution in [2.24, 2.45) is 0 Å². The van der Waals surface area contributed by atoms with Gasteiger partial charge in [-0.25, -0.2) is 4.79 Å². The first-order valence-corrected chi connectivity index (χ1v) is 5.38. The Hall–Kier alpha value is -1.77. The number of unbranched alkanes of at least 4 members (excludes halogenated alkanes) is 1. The van der Waals surface area contributed by atoms with Crippen LogP contribution in [0.2, 0.25) is 0 Å². The van der Waals surface area contributed by atoms with Gasteiger partial charge in [0.05, 0.1) is 18.9 Å². The zero-order valence-corrected chi connectivity index (χ0v) is 9.39. The molecule has 3 nitrogen and oxygen atoms in total. The highest BCUT2D eigenvalue weighted by molar-refractivity contribution is 5.83. The second kappa shape index (κ2) is 7.51. The van der Waals surface area contributed by atoms with Crippen molar-refractivity contribution in [3.8, 4) is 5.75 Å². The van der Waals surface area contributed by atoms with E-state index in [1.807, 2.05) is 18.2 Å². The molecule has 0 amide bonds. The molecular formula is C13H16O3. The van der Waals surface area contributed by atoms with Crippen LogP contribution in [0.3, 0.4) is 0 Å². The van der Waals surface area contributed by atoms with Gasteiger partial charge in [0.1, 0.15) is 5.75 Å². The SMILES string of the molecule is CCCCOC=CC(=O)Oc1ccccc1. The molecule has 0 atom stereocenters. The molecule has 86 valence electrons. The van der Waals surface area contributed by atoms with E-state index in [-0.39, 0.29) is 0 Å². The summed E-state index contributed by atoms with van der Waals surface area (Å²) in [7, 11) is 0. The minimum atomic E-state index is -0.428. The summed E-state index contributed by atoms with van der Waals surface area (Å²) in [5, 5.41) is 0. The van der Waals surface area contributed by atoms with E-state index in [0.29, 0.717) is 12.4 Å². The van der Waals surface area contributed by atoms with Crippen molar-refractivity contribution < 1.29 is 14.3 Å². The van der Waals surface area contributed by atoms with Gasteiger partial charge in [0, 0.05) is 0 Å². The van der Waals surface area contributed by atoms with E-state index >= 15 is 0 Å². The minimum absolute atomic E-state index is 0.428. The lowest BCUT2D eigenvalue weighted by Gasteiger charge is -2.00. The summed E-state index contributed by atoms with van der Waals surface area (Å²) in [6.45, 7) is 2.71. The Morgan fingerprint density at radius 1 is 1.31 bits per heavy atom. The summed E-state index contributed by atoms with van der Waals surface area (Å²) in [6.07, 6.45) is 4.71. The molecule has 0 saturated heterocycles. The number of benzene rings is 1. The van der Waals surface area contributed by atoms with Gasteiger partial charge in [0.15, 0.2) is 0 Å². The maximum Gasteiger partial charge on any atom is 0.339 e. The molecule has 0 spiro atoms. The predicted octanol–water partition coefficient (Wildman–Crippen LogP) is 2.92. The Balaban J connectivity index is 2.25. The average molecular weight is 220 g/mol. The molecule has 1 aromatic rings. The molecule has 0 aromatic heterocycles. The molecular weight excluding hydrogens is 204 g/mol. The predicted molar refractivity (Wildman–Crippen MR) is 62.1 cm³/mol. The van der Waals surface area contributed by atoms with Crippen LogP contribution in [0.25, 0.3) is 0 Å². The number of ether oxygens (including phenoxy) is 2. The number of esters is 1. The monoisotopic (exact) mass is 220 g/mol. The second-order valence-corrected chi connectivity index (χ2v) is 3.26. The Bertz CT molecular complexity index is 330. The molecule has 0 N–H and O–H groups in total. The molecule has 0 heterocycles. The van der Waals surface area contributed by atoms with Gasteiger partial charge >= 0.3 is 5.97 Å². The van der Waals surface area contributed by atoms with Crippen LogP contribution in [-0.4, -0.2) is 12.6 Å². The molecule has 0 aliphatic heterocycles. The summed E-state index contributed by atoms with van der Waals surface area (Å²) in [6, 6.07) is 8.93. The van der Waals surface area contributed by atoms with Gasteiger partial charge in [-0.1, -0.05) is 31.5 Å². The fourth-order valence-corrected chi connectivity index (χ4v) is 1.04. The van der Waals surface area contributed by atoms with E-state index in [2.05, 4.69) is 6.92 Å². The normalized spacial score (nSPS) is 10.3. The highest BCUT2D eigenvalue weighted by Gasteiger charge is 1.98. The Morgan fingerprint density at radius 2 is 2.06 bits per heavy atom. The van der Waals surface area contributed by atoms with Crippen LogP contribution in [0.4, 0.5) is 0 Å². The van der Waals surface area contributed by atoms with Crippen molar-refractivity contribution in [2.45, 2.75) is 19.8 Å². The van der Waals surface area contributed by atoms with Crippen LogP contribution < -0.4 is 4.74 Å². The van der Waals surface area contributed by atoms with Gasteiger partial charge in [-0.15, -0.1) is 0 Å². The third kappa shape index (κ3) is 5.20. The molecule has 3 heteroatoms. The fraction of sp³-hybridized carbons (Fsp3) is 0.308. The molecule has 0 saturated carbocycles. The Morgan fingerprint density at radius 3 is 2.75 bits per heavy atom. The summed E-state index contributed by atoms with van der Waals surface area (Å²) >= 11 is 0. The molecule has 0 bridgehead atoms. The van der Waals surface area contributed by atoms with Crippen molar-refractivity contribution in [1.29, 1.82) is 0 Å². The zero-order valence-electron chi connectivity index (χ0n) is 9.39. The van der Waals surface area contributed by atoms with Gasteiger partial charge in [-0.05, 0) is 18.6 Å². The Labute approximate surface area is 95.7 Å². The number of rotatable bonds is 6. The summed E-state index contributed by atoms with van der Waals surface area (Å²) < 4.78 is 10.1. The lowest BCUT2D eigenvalue weighted by Crippen LogP contribution is -2.03. The molecule has 16 heavy (non-hydrogen) atoms. The quantitative estimate of drug-likeness (QED) is 0.243. The maximum absolute atomic E-state index is 11.3. The summed E-state index contributed by atoms with van der Waals surface area (Å²) in [5.41, 5.74) is 0. The van der Waals surface area contributed by atoms with Crippen molar-refractivity contribution in [2.75, 3.05) is 6.61 Å². The second-order valence-electron chi connectivity index (χ2n) is 3.26. The smallest absolute Gasteiger partial charge is 0.339 e. The molecule has 0 aliphatic rings. The number of hydrogen-bond donors (Lipinski definition) is 0. The van der Waals surface area contributed by atoms with Crippen LogP contribution in [-0.2, 0) is 9.53 Å². The highest BCUT2D eigenvalue weighted by Crippen LogP contribution is 2.08. The number of carbonyl (C=O) groups excluding carboxylic acids is 1. The van der Waals surface area contributed by atoms with E-state index in [1.165, 1.54) is 12.3 Å². The topological polar surface area (TPSA) is 35.5 Å². The van der Waals surface area contributed by atoms with E-state index in [0.717, 1.165) is 12.8 Å². The third-order valence-corrected chi connectivity index (χ3v) is 1.88. The maximum atomic E-state index is 11.3. The lowest BCUT2D eigenvalue weighted by molar-refractivity contribution is -0.129. The molecule has 0 unspecified atom stereocenters. The molecule has 1 aromatic carbocycles. The standard InChI is InChI=1S/C13H16O3/c1-2-3-10-15-11-9-13(14)16-12-7-5-4-6-8-12/h4-9,11H,2-3,10H2,1H3. The molecule has 0 radical (unpaired) electrons. The Kier molecular flexibility index (Phi) is 5.78. The van der Waals surface area contributed by atoms with E-state index in [4.69, 9.17) is 9.47 Å². The van der Waals surface area contributed by atoms with E-state index < -0.39 is 5.97 Å². The first-order chi connectivity index (χ1) is 7.83. The first kappa shape index (κ1) is 12.3. The third-order valence-electron chi connectivity index (χ3n) is 1.88. The van der Waals surface area contributed by atoms with Crippen LogP contribution in [0, 0.1) is 0 Å². The van der Waals surface area contributed by atoms with Gasteiger partial charge in [-0.2, -0.15) is 0 Å². The van der Waals surface area contributed by atoms with Crippen LogP contribution in [0.5, 0.6) is 5.75 Å². The van der Waals surface area contributed by atoms with Crippen LogP contribution >= 0.6 is 0 Å². The van der Waals surface area contributed by atoms with Gasteiger partial charge < -0.3 is 9.47 Å². The van der Waals surface area contributed by atoms with Crippen molar-refractivity contribution in [1.82, 2.24) is 0 Å². The minimum Gasteiger partial charge on any atom is -0.501 e.